The average molecular weight is 235 g/mol. The number of carbonyl (C=O) groups is 1. The Bertz CT molecular complexity index is 327. The molecular weight excluding hydrogens is 223 g/mol. The largest absolute Gasteiger partial charge is 0.450 e. The lowest BCUT2D eigenvalue weighted by Crippen LogP contribution is -2.51. The Kier molecular flexibility index (Phi) is 2.59. The summed E-state index contributed by atoms with van der Waals surface area (Å²) in [5.74, 6) is -0.616. The van der Waals surface area contributed by atoms with Gasteiger partial charge in [-0.15, -0.1) is 0 Å². The number of hydrogen-bond acceptors (Lipinski definition) is 2. The molecule has 0 N–H and O–H groups in total. The van der Waals surface area contributed by atoms with Crippen molar-refractivity contribution >= 4 is 6.09 Å². The van der Waals surface area contributed by atoms with Crippen molar-refractivity contribution in [3.05, 3.63) is 12.2 Å². The van der Waals surface area contributed by atoms with E-state index in [2.05, 4.69) is 4.74 Å². The number of halogens is 3. The quantitative estimate of drug-likeness (QED) is 0.653. The van der Waals surface area contributed by atoms with Crippen LogP contribution < -0.4 is 0 Å². The van der Waals surface area contributed by atoms with E-state index >= 15 is 0 Å². The molecule has 0 aromatic carbocycles. The zero-order valence-corrected chi connectivity index (χ0v) is 8.70. The fourth-order valence-corrected chi connectivity index (χ4v) is 2.41. The molecule has 1 saturated heterocycles. The molecule has 1 heterocycles. The Morgan fingerprint density at radius 2 is 2.19 bits per heavy atom. The van der Waals surface area contributed by atoms with Crippen molar-refractivity contribution in [1.82, 2.24) is 4.90 Å². The summed E-state index contributed by atoms with van der Waals surface area (Å²) in [5, 5.41) is 0. The second-order valence-corrected chi connectivity index (χ2v) is 3.94. The van der Waals surface area contributed by atoms with E-state index in [-0.39, 0.29) is 6.61 Å². The standard InChI is InChI=1S/C10H12F3NO2/c1-2-16-9(15)14-7-4-3-6(5-7)8(14)10(11,12)13/h3-4,6-8H,2,5H2,1H3/t6-,7+,8-/m1/s1. The number of alkyl halides is 3. The maximum absolute atomic E-state index is 12.8. The molecule has 1 aliphatic carbocycles. The number of rotatable bonds is 1. The fraction of sp³-hybridized carbons (Fsp3) is 0.700. The van der Waals surface area contributed by atoms with Crippen LogP contribution in [0.25, 0.3) is 0 Å². The fourth-order valence-electron chi connectivity index (χ4n) is 2.41. The third-order valence-corrected chi connectivity index (χ3v) is 2.97. The highest BCUT2D eigenvalue weighted by Crippen LogP contribution is 2.44. The number of ether oxygens (including phenoxy) is 1. The summed E-state index contributed by atoms with van der Waals surface area (Å²) < 4.78 is 43.0. The van der Waals surface area contributed by atoms with Gasteiger partial charge in [-0.25, -0.2) is 4.79 Å². The first-order valence-corrected chi connectivity index (χ1v) is 5.15. The van der Waals surface area contributed by atoms with Gasteiger partial charge in [0.15, 0.2) is 0 Å². The van der Waals surface area contributed by atoms with Crippen LogP contribution in [0.5, 0.6) is 0 Å². The molecule has 0 aromatic heterocycles. The van der Waals surface area contributed by atoms with E-state index < -0.39 is 30.3 Å². The van der Waals surface area contributed by atoms with Gasteiger partial charge in [-0.1, -0.05) is 12.2 Å². The second kappa shape index (κ2) is 3.68. The van der Waals surface area contributed by atoms with Crippen LogP contribution in [-0.4, -0.2) is 35.9 Å². The highest BCUT2D eigenvalue weighted by atomic mass is 19.4. The van der Waals surface area contributed by atoms with Crippen molar-refractivity contribution in [2.75, 3.05) is 6.61 Å². The molecule has 1 fully saturated rings. The Hall–Kier alpha value is -1.20. The minimum atomic E-state index is -4.39. The summed E-state index contributed by atoms with van der Waals surface area (Å²) in [6.07, 6.45) is -1.73. The van der Waals surface area contributed by atoms with Gasteiger partial charge in [0.1, 0.15) is 6.04 Å². The van der Waals surface area contributed by atoms with Crippen molar-refractivity contribution < 1.29 is 22.7 Å². The zero-order chi connectivity index (χ0) is 11.9. The zero-order valence-electron chi connectivity index (χ0n) is 8.70. The Labute approximate surface area is 90.9 Å². The third-order valence-electron chi connectivity index (χ3n) is 2.97. The lowest BCUT2D eigenvalue weighted by molar-refractivity contribution is -0.180. The predicted octanol–water partition coefficient (Wildman–Crippen LogP) is 2.33. The molecule has 2 rings (SSSR count). The number of hydrogen-bond donors (Lipinski definition) is 0. The van der Waals surface area contributed by atoms with E-state index in [4.69, 9.17) is 0 Å². The first-order valence-electron chi connectivity index (χ1n) is 5.15. The van der Waals surface area contributed by atoms with Crippen molar-refractivity contribution in [3.63, 3.8) is 0 Å². The molecule has 0 spiro atoms. The number of fused-ring (bicyclic) bond motifs is 2. The summed E-state index contributed by atoms with van der Waals surface area (Å²) in [7, 11) is 0. The van der Waals surface area contributed by atoms with E-state index in [9.17, 15) is 18.0 Å². The molecule has 6 heteroatoms. The van der Waals surface area contributed by atoms with Crippen LogP contribution >= 0.6 is 0 Å². The highest BCUT2D eigenvalue weighted by molar-refractivity contribution is 5.70. The predicted molar refractivity (Wildman–Crippen MR) is 49.7 cm³/mol. The van der Waals surface area contributed by atoms with Crippen molar-refractivity contribution in [2.24, 2.45) is 5.92 Å². The van der Waals surface area contributed by atoms with Gasteiger partial charge in [0, 0.05) is 5.92 Å². The number of nitrogens with zero attached hydrogens (tertiary/aromatic N) is 1. The minimum absolute atomic E-state index is 0.0843. The summed E-state index contributed by atoms with van der Waals surface area (Å²) >= 11 is 0. The van der Waals surface area contributed by atoms with Gasteiger partial charge in [-0.3, -0.25) is 4.90 Å². The molecule has 16 heavy (non-hydrogen) atoms. The average Bonchev–Trinajstić information content (AvgIpc) is 2.74. The van der Waals surface area contributed by atoms with Gasteiger partial charge in [0.05, 0.1) is 12.6 Å². The lowest BCUT2D eigenvalue weighted by atomic mass is 10.0. The molecule has 0 saturated carbocycles. The van der Waals surface area contributed by atoms with E-state index in [0.29, 0.717) is 6.42 Å². The summed E-state index contributed by atoms with van der Waals surface area (Å²) in [4.78, 5) is 12.3. The topological polar surface area (TPSA) is 29.5 Å². The van der Waals surface area contributed by atoms with Gasteiger partial charge in [0.2, 0.25) is 0 Å². The third kappa shape index (κ3) is 1.66. The van der Waals surface area contributed by atoms with Crippen LogP contribution in [-0.2, 0) is 4.74 Å². The monoisotopic (exact) mass is 235 g/mol. The molecule has 2 aliphatic rings. The van der Waals surface area contributed by atoms with Crippen LogP contribution in [0, 0.1) is 5.92 Å². The second-order valence-electron chi connectivity index (χ2n) is 3.94. The minimum Gasteiger partial charge on any atom is -0.450 e. The van der Waals surface area contributed by atoms with E-state index in [0.717, 1.165) is 4.90 Å². The molecule has 0 aromatic rings. The molecule has 3 atom stereocenters. The maximum Gasteiger partial charge on any atom is 0.410 e. The Balaban J connectivity index is 2.22. The van der Waals surface area contributed by atoms with Crippen LogP contribution in [0.4, 0.5) is 18.0 Å². The maximum atomic E-state index is 12.8. The molecule has 2 bridgehead atoms. The van der Waals surface area contributed by atoms with E-state index in [1.165, 1.54) is 0 Å². The van der Waals surface area contributed by atoms with Crippen LogP contribution in [0.2, 0.25) is 0 Å². The van der Waals surface area contributed by atoms with Crippen molar-refractivity contribution in [2.45, 2.75) is 31.6 Å². The van der Waals surface area contributed by atoms with Crippen LogP contribution in [0.1, 0.15) is 13.3 Å². The molecule has 1 aliphatic heterocycles. The molecule has 3 nitrogen and oxygen atoms in total. The van der Waals surface area contributed by atoms with Gasteiger partial charge in [-0.2, -0.15) is 13.2 Å². The van der Waals surface area contributed by atoms with Gasteiger partial charge in [0.25, 0.3) is 0 Å². The normalized spacial score (nSPS) is 32.2. The molecular formula is C10H12F3NO2. The Morgan fingerprint density at radius 3 is 2.75 bits per heavy atom. The highest BCUT2D eigenvalue weighted by Gasteiger charge is 2.58. The number of carbonyl (C=O) groups excluding carboxylic acids is 1. The van der Waals surface area contributed by atoms with E-state index in [1.54, 1.807) is 19.1 Å². The first-order chi connectivity index (χ1) is 7.45. The van der Waals surface area contributed by atoms with Crippen molar-refractivity contribution in [1.29, 1.82) is 0 Å². The summed E-state index contributed by atoms with van der Waals surface area (Å²) in [6.45, 7) is 1.66. The summed E-state index contributed by atoms with van der Waals surface area (Å²) in [6, 6.07) is -2.18. The summed E-state index contributed by atoms with van der Waals surface area (Å²) in [5.41, 5.74) is 0. The lowest BCUT2D eigenvalue weighted by Gasteiger charge is -2.32. The van der Waals surface area contributed by atoms with Crippen LogP contribution in [0.15, 0.2) is 12.2 Å². The first kappa shape index (κ1) is 11.3. The molecule has 90 valence electrons. The Morgan fingerprint density at radius 1 is 1.50 bits per heavy atom. The van der Waals surface area contributed by atoms with Crippen LogP contribution in [0.3, 0.4) is 0 Å². The van der Waals surface area contributed by atoms with E-state index in [1.807, 2.05) is 0 Å². The van der Waals surface area contributed by atoms with Gasteiger partial charge in [-0.05, 0) is 13.3 Å². The molecule has 0 unspecified atom stereocenters. The van der Waals surface area contributed by atoms with Gasteiger partial charge < -0.3 is 4.74 Å². The van der Waals surface area contributed by atoms with Gasteiger partial charge >= 0.3 is 12.3 Å². The smallest absolute Gasteiger partial charge is 0.410 e. The molecule has 0 radical (unpaired) electrons. The SMILES string of the molecule is CCOC(=O)N1[C@H]2C=C[C@H](C2)[C@@H]1C(F)(F)F. The number of likely N-dealkylation sites (tertiary alicyclic amines) is 1. The number of amides is 1. The molecule has 1 amide bonds. The van der Waals surface area contributed by atoms with Crippen molar-refractivity contribution in [3.8, 4) is 0 Å².